The van der Waals surface area contributed by atoms with Crippen LogP contribution < -0.4 is 10.6 Å². The molecule has 3 N–H and O–H groups in total. The lowest BCUT2D eigenvalue weighted by molar-refractivity contribution is -0.139. The molecule has 0 radical (unpaired) electrons. The van der Waals surface area contributed by atoms with Crippen molar-refractivity contribution in [1.29, 1.82) is 0 Å². The van der Waals surface area contributed by atoms with Gasteiger partial charge >= 0.3 is 0 Å². The first-order valence-electron chi connectivity index (χ1n) is 12.8. The van der Waals surface area contributed by atoms with Crippen LogP contribution in [-0.4, -0.2) is 41.3 Å². The Kier molecular flexibility index (Phi) is 8.00. The highest BCUT2D eigenvalue weighted by Gasteiger charge is 2.50. The number of hydrogen-bond donors (Lipinski definition) is 2. The van der Waals surface area contributed by atoms with Crippen LogP contribution in [0.15, 0.2) is 89.9 Å². The van der Waals surface area contributed by atoms with Crippen molar-refractivity contribution in [2.24, 2.45) is 22.6 Å². The molecule has 6 heteroatoms. The molecule has 0 fully saturated rings. The molecule has 4 rings (SSSR count). The predicted octanol–water partition coefficient (Wildman–Crippen LogP) is 4.38. The van der Waals surface area contributed by atoms with E-state index in [0.29, 0.717) is 30.7 Å². The molecule has 3 aromatic carbocycles. The maximum Gasteiger partial charge on any atom is 0.277 e. The minimum Gasteiger partial charge on any atom is -0.392 e. The number of aliphatic imine (C=N–C) groups is 1. The molecule has 1 heterocycles. The van der Waals surface area contributed by atoms with E-state index in [1.54, 1.807) is 7.05 Å². The molecule has 6 nitrogen and oxygen atoms in total. The number of Topliss-reactive ketones (excluding diaryl/α,β-unsaturated/α-hetero) is 1. The Bertz CT molecular complexity index is 1270. The van der Waals surface area contributed by atoms with E-state index in [2.05, 4.69) is 0 Å². The van der Waals surface area contributed by atoms with Gasteiger partial charge in [0.25, 0.3) is 5.91 Å². The molecule has 0 spiro atoms. The van der Waals surface area contributed by atoms with Crippen LogP contribution >= 0.6 is 0 Å². The minimum atomic E-state index is -2.17. The number of carbonyl (C=O) groups is 2. The average molecular weight is 498 g/mol. The number of anilines is 1. The smallest absolute Gasteiger partial charge is 0.277 e. The maximum atomic E-state index is 14.2. The Morgan fingerprint density at radius 2 is 1.57 bits per heavy atom. The van der Waals surface area contributed by atoms with E-state index >= 15 is 0 Å². The molecule has 0 aliphatic carbocycles. The number of benzodiazepines with no additional fused rings is 1. The van der Waals surface area contributed by atoms with Gasteiger partial charge in [0.2, 0.25) is 5.66 Å². The zero-order valence-electron chi connectivity index (χ0n) is 21.7. The number of ketones is 1. The normalized spacial score (nSPS) is 19.1. The number of fused-ring (bicyclic) bond motifs is 1. The van der Waals surface area contributed by atoms with Gasteiger partial charge in [-0.3, -0.25) is 15.3 Å². The second-order valence-corrected chi connectivity index (χ2v) is 10.2. The summed E-state index contributed by atoms with van der Waals surface area (Å²) in [6.45, 7) is 3.98. The first-order chi connectivity index (χ1) is 17.7. The van der Waals surface area contributed by atoms with Crippen molar-refractivity contribution in [3.8, 4) is 0 Å². The van der Waals surface area contributed by atoms with Gasteiger partial charge in [0.15, 0.2) is 5.78 Å². The highest BCUT2D eigenvalue weighted by molar-refractivity contribution is 6.26. The van der Waals surface area contributed by atoms with Crippen molar-refractivity contribution < 1.29 is 14.7 Å². The quantitative estimate of drug-likeness (QED) is 0.429. The number of benzene rings is 3. The van der Waals surface area contributed by atoms with Crippen molar-refractivity contribution in [2.45, 2.75) is 44.9 Å². The topological polar surface area (TPSA) is 96.0 Å². The molecule has 1 unspecified atom stereocenters. The van der Waals surface area contributed by atoms with Gasteiger partial charge in [0.05, 0.1) is 17.5 Å². The number of nitrogens with two attached hydrogens (primary N) is 1. The molecule has 37 heavy (non-hydrogen) atoms. The SMILES string of the molecule is CC(C)C[C@@H](C(=O)C1(N)N=C(c2ccccc2)c2ccccc2N(C)C1=O)[C@@H](O)CCc1ccccc1. The fourth-order valence-electron chi connectivity index (χ4n) is 4.98. The molecule has 0 saturated carbocycles. The van der Waals surface area contributed by atoms with Crippen molar-refractivity contribution in [3.05, 3.63) is 102 Å². The lowest BCUT2D eigenvalue weighted by Crippen LogP contribution is -2.61. The number of aliphatic hydroxyl groups excluding tert-OH is 1. The highest BCUT2D eigenvalue weighted by atomic mass is 16.3. The Labute approximate surface area is 218 Å². The third kappa shape index (κ3) is 5.55. The first-order valence-corrected chi connectivity index (χ1v) is 12.8. The van der Waals surface area contributed by atoms with Gasteiger partial charge in [-0.2, -0.15) is 0 Å². The zero-order chi connectivity index (χ0) is 26.6. The number of nitrogens with zero attached hydrogens (tertiary/aromatic N) is 2. The van der Waals surface area contributed by atoms with E-state index < -0.39 is 29.4 Å². The van der Waals surface area contributed by atoms with E-state index in [9.17, 15) is 14.7 Å². The van der Waals surface area contributed by atoms with Crippen LogP contribution in [0.5, 0.6) is 0 Å². The zero-order valence-corrected chi connectivity index (χ0v) is 21.7. The first kappa shape index (κ1) is 26.5. The average Bonchev–Trinajstić information content (AvgIpc) is 3.00. The van der Waals surface area contributed by atoms with Gasteiger partial charge < -0.3 is 10.0 Å². The fraction of sp³-hybridized carbons (Fsp3) is 0.323. The summed E-state index contributed by atoms with van der Waals surface area (Å²) in [7, 11) is 1.61. The molecule has 1 aliphatic heterocycles. The number of aryl methyl sites for hydroxylation is 1. The Morgan fingerprint density at radius 3 is 2.22 bits per heavy atom. The molecule has 1 aliphatic rings. The maximum absolute atomic E-state index is 14.2. The number of amides is 1. The predicted molar refractivity (Wildman–Crippen MR) is 148 cm³/mol. The van der Waals surface area contributed by atoms with Gasteiger partial charge in [-0.25, -0.2) is 4.99 Å². The third-order valence-corrected chi connectivity index (χ3v) is 6.96. The second-order valence-electron chi connectivity index (χ2n) is 10.2. The minimum absolute atomic E-state index is 0.109. The monoisotopic (exact) mass is 497 g/mol. The second kappa shape index (κ2) is 11.2. The number of hydrogen-bond acceptors (Lipinski definition) is 5. The number of carbonyl (C=O) groups excluding carboxylic acids is 2. The number of likely N-dealkylation sites (N-methyl/N-ethyl adjacent to an activating group) is 1. The van der Waals surface area contributed by atoms with E-state index in [4.69, 9.17) is 10.7 Å². The van der Waals surface area contributed by atoms with Crippen LogP contribution in [0.25, 0.3) is 0 Å². The lowest BCUT2D eigenvalue weighted by Gasteiger charge is -2.32. The number of para-hydroxylation sites is 1. The summed E-state index contributed by atoms with van der Waals surface area (Å²) in [6, 6.07) is 26.7. The summed E-state index contributed by atoms with van der Waals surface area (Å²) in [5.74, 6) is -1.90. The van der Waals surface area contributed by atoms with Crippen molar-refractivity contribution in [1.82, 2.24) is 0 Å². The molecule has 3 aromatic rings. The molecule has 3 atom stereocenters. The van der Waals surface area contributed by atoms with Crippen LogP contribution in [0.4, 0.5) is 5.69 Å². The Morgan fingerprint density at radius 1 is 0.973 bits per heavy atom. The van der Waals surface area contributed by atoms with Gasteiger partial charge in [-0.1, -0.05) is 92.7 Å². The van der Waals surface area contributed by atoms with Crippen molar-refractivity contribution in [2.75, 3.05) is 11.9 Å². The lowest BCUT2D eigenvalue weighted by atomic mass is 9.81. The van der Waals surface area contributed by atoms with Crippen LogP contribution in [-0.2, 0) is 16.0 Å². The Balaban J connectivity index is 1.76. The summed E-state index contributed by atoms with van der Waals surface area (Å²) >= 11 is 0. The molecule has 0 aromatic heterocycles. The van der Waals surface area contributed by atoms with Crippen LogP contribution in [0.3, 0.4) is 0 Å². The van der Waals surface area contributed by atoms with Crippen LogP contribution in [0.1, 0.15) is 43.4 Å². The number of aliphatic hydroxyl groups is 1. The molecule has 0 bridgehead atoms. The van der Waals surface area contributed by atoms with Crippen LogP contribution in [0.2, 0.25) is 0 Å². The molecular weight excluding hydrogens is 462 g/mol. The van der Waals surface area contributed by atoms with Gasteiger partial charge in [0.1, 0.15) is 0 Å². The number of rotatable bonds is 9. The Hall–Kier alpha value is -3.61. The summed E-state index contributed by atoms with van der Waals surface area (Å²) in [5, 5.41) is 11.3. The standard InChI is InChI=1S/C31H35N3O3/c1-21(2)20-25(27(35)19-18-22-12-6-4-7-13-22)29(36)31(32)30(37)34(3)26-17-11-10-16-24(26)28(33-31)23-14-8-5-9-15-23/h4-17,21,25,27,35H,18-20,32H2,1-3H3/t25-,27+,31?/m1/s1. The largest absolute Gasteiger partial charge is 0.392 e. The summed E-state index contributed by atoms with van der Waals surface area (Å²) in [5.41, 5.74) is 8.20. The summed E-state index contributed by atoms with van der Waals surface area (Å²) in [6.07, 6.45) is 0.422. The highest BCUT2D eigenvalue weighted by Crippen LogP contribution is 2.33. The van der Waals surface area contributed by atoms with E-state index in [1.165, 1.54) is 4.90 Å². The summed E-state index contributed by atoms with van der Waals surface area (Å²) in [4.78, 5) is 34.2. The van der Waals surface area contributed by atoms with E-state index in [1.807, 2.05) is 98.8 Å². The third-order valence-electron chi connectivity index (χ3n) is 6.96. The van der Waals surface area contributed by atoms with Crippen molar-refractivity contribution >= 4 is 23.1 Å². The van der Waals surface area contributed by atoms with Crippen molar-refractivity contribution in [3.63, 3.8) is 0 Å². The van der Waals surface area contributed by atoms with Gasteiger partial charge in [-0.15, -0.1) is 0 Å². The van der Waals surface area contributed by atoms with Gasteiger partial charge in [0, 0.05) is 24.1 Å². The van der Waals surface area contributed by atoms with E-state index in [-0.39, 0.29) is 5.92 Å². The van der Waals surface area contributed by atoms with E-state index in [0.717, 1.165) is 16.7 Å². The molecule has 0 saturated heterocycles. The molecule has 192 valence electrons. The molecular formula is C31H35N3O3. The summed E-state index contributed by atoms with van der Waals surface area (Å²) < 4.78 is 0. The fourth-order valence-corrected chi connectivity index (χ4v) is 4.98. The molecule has 1 amide bonds. The van der Waals surface area contributed by atoms with Gasteiger partial charge in [-0.05, 0) is 36.8 Å². The van der Waals surface area contributed by atoms with Crippen LogP contribution in [0, 0.1) is 11.8 Å².